The van der Waals surface area contributed by atoms with Crippen LogP contribution in [0.3, 0.4) is 0 Å². The van der Waals surface area contributed by atoms with E-state index >= 15 is 0 Å². The fourth-order valence-corrected chi connectivity index (χ4v) is 4.20. The number of halogens is 2. The zero-order valence-corrected chi connectivity index (χ0v) is 20.6. The van der Waals surface area contributed by atoms with Crippen molar-refractivity contribution in [3.05, 3.63) is 138 Å². The van der Waals surface area contributed by atoms with Crippen LogP contribution >= 0.6 is 0 Å². The van der Waals surface area contributed by atoms with Crippen LogP contribution in [0.1, 0.15) is 20.7 Å². The molecule has 0 spiro atoms. The first-order valence-corrected chi connectivity index (χ1v) is 12.1. The largest absolute Gasteiger partial charge is 0.398 e. The molecule has 0 atom stereocenters. The third kappa shape index (κ3) is 5.99. The van der Waals surface area contributed by atoms with Gasteiger partial charge >= 0.3 is 0 Å². The molecule has 39 heavy (non-hydrogen) atoms. The highest BCUT2D eigenvalue weighted by atomic mass is 19.1. The van der Waals surface area contributed by atoms with Gasteiger partial charge in [-0.25, -0.2) is 8.78 Å². The first kappa shape index (κ1) is 25.4. The number of anilines is 3. The maximum atomic E-state index is 13.6. The van der Waals surface area contributed by atoms with Crippen LogP contribution in [0.25, 0.3) is 22.3 Å². The van der Waals surface area contributed by atoms with Crippen LogP contribution in [-0.4, -0.2) is 11.8 Å². The Morgan fingerprint density at radius 1 is 0.538 bits per heavy atom. The van der Waals surface area contributed by atoms with Crippen LogP contribution in [0.5, 0.6) is 0 Å². The number of hydrogen-bond donors (Lipinski definition) is 3. The molecular weight excluding hydrogens is 496 g/mol. The topological polar surface area (TPSA) is 84.2 Å². The highest BCUT2D eigenvalue weighted by Gasteiger charge is 2.15. The molecule has 0 aromatic heterocycles. The van der Waals surface area contributed by atoms with Crippen molar-refractivity contribution in [1.82, 2.24) is 0 Å². The molecule has 0 unspecified atom stereocenters. The van der Waals surface area contributed by atoms with Gasteiger partial charge in [-0.05, 0) is 89.0 Å². The number of nitrogen functional groups attached to an aromatic ring is 1. The van der Waals surface area contributed by atoms with Crippen LogP contribution in [0, 0.1) is 11.6 Å². The number of carbonyl (C=O) groups excluding carboxylic acids is 2. The molecule has 0 aliphatic rings. The first-order chi connectivity index (χ1) is 18.9. The summed E-state index contributed by atoms with van der Waals surface area (Å²) in [4.78, 5) is 25.8. The molecule has 0 radical (unpaired) electrons. The second-order valence-corrected chi connectivity index (χ2v) is 8.89. The van der Waals surface area contributed by atoms with Crippen molar-refractivity contribution in [3.8, 4) is 22.3 Å². The Hall–Kier alpha value is -5.30. The molecule has 192 valence electrons. The number of benzene rings is 5. The van der Waals surface area contributed by atoms with E-state index in [0.29, 0.717) is 22.5 Å². The van der Waals surface area contributed by atoms with E-state index in [1.165, 1.54) is 42.5 Å². The van der Waals surface area contributed by atoms with Crippen LogP contribution in [0.2, 0.25) is 0 Å². The molecule has 0 fully saturated rings. The Kier molecular flexibility index (Phi) is 7.14. The van der Waals surface area contributed by atoms with Gasteiger partial charge in [0.15, 0.2) is 0 Å². The smallest absolute Gasteiger partial charge is 0.257 e. The Morgan fingerprint density at radius 2 is 1.00 bits per heavy atom. The second kappa shape index (κ2) is 11.0. The van der Waals surface area contributed by atoms with Gasteiger partial charge in [-0.2, -0.15) is 0 Å². The monoisotopic (exact) mass is 519 g/mol. The van der Waals surface area contributed by atoms with Crippen molar-refractivity contribution >= 4 is 28.9 Å². The Morgan fingerprint density at radius 3 is 1.49 bits per heavy atom. The maximum absolute atomic E-state index is 13.6. The molecular formula is C32H23F2N3O2. The van der Waals surface area contributed by atoms with Crippen LogP contribution in [0.15, 0.2) is 115 Å². The van der Waals surface area contributed by atoms with Crippen LogP contribution < -0.4 is 16.4 Å². The molecule has 5 rings (SSSR count). The summed E-state index contributed by atoms with van der Waals surface area (Å²) in [7, 11) is 0. The van der Waals surface area contributed by atoms with Gasteiger partial charge < -0.3 is 16.4 Å². The summed E-state index contributed by atoms with van der Waals surface area (Å²) >= 11 is 0. The number of hydrogen-bond acceptors (Lipinski definition) is 3. The van der Waals surface area contributed by atoms with Gasteiger partial charge in [-0.15, -0.1) is 0 Å². The standard InChI is InChI=1S/C32H23F2N3O2/c33-25-9-1-5-20(15-25)22-7-3-11-27(17-22)36-31(38)24-13-14-29(30(35)19-24)32(39)37-28-12-4-8-23(18-28)21-6-2-10-26(34)16-21/h1-19H,35H2,(H,36,38)(H,37,39). The summed E-state index contributed by atoms with van der Waals surface area (Å²) in [6, 6.07) is 30.9. The van der Waals surface area contributed by atoms with Gasteiger partial charge in [0.25, 0.3) is 11.8 Å². The molecule has 5 aromatic carbocycles. The zero-order chi connectivity index (χ0) is 27.4. The maximum Gasteiger partial charge on any atom is 0.257 e. The lowest BCUT2D eigenvalue weighted by molar-refractivity contribution is 0.101. The number of nitrogens with two attached hydrogens (primary N) is 1. The number of rotatable bonds is 6. The van der Waals surface area contributed by atoms with Crippen molar-refractivity contribution in [1.29, 1.82) is 0 Å². The average Bonchev–Trinajstić information content (AvgIpc) is 2.93. The third-order valence-electron chi connectivity index (χ3n) is 6.12. The predicted molar refractivity (Wildman–Crippen MR) is 150 cm³/mol. The summed E-state index contributed by atoms with van der Waals surface area (Å²) in [5.74, 6) is -1.55. The van der Waals surface area contributed by atoms with Gasteiger partial charge in [0.05, 0.1) is 5.56 Å². The summed E-state index contributed by atoms with van der Waals surface area (Å²) in [5.41, 5.74) is 10.7. The van der Waals surface area contributed by atoms with E-state index < -0.39 is 11.8 Å². The summed E-state index contributed by atoms with van der Waals surface area (Å²) in [5, 5.41) is 5.61. The second-order valence-electron chi connectivity index (χ2n) is 8.89. The van der Waals surface area contributed by atoms with E-state index in [1.807, 2.05) is 12.1 Å². The molecule has 7 heteroatoms. The lowest BCUT2D eigenvalue weighted by Crippen LogP contribution is -2.16. The lowest BCUT2D eigenvalue weighted by atomic mass is 10.0. The van der Waals surface area contributed by atoms with E-state index in [2.05, 4.69) is 10.6 Å². The number of carbonyl (C=O) groups is 2. The van der Waals surface area contributed by atoms with Gasteiger partial charge in [-0.3, -0.25) is 9.59 Å². The fourth-order valence-electron chi connectivity index (χ4n) is 4.20. The quantitative estimate of drug-likeness (QED) is 0.205. The number of nitrogens with one attached hydrogen (secondary N) is 2. The predicted octanol–water partition coefficient (Wildman–Crippen LogP) is 7.39. The molecule has 0 aliphatic carbocycles. The average molecular weight is 520 g/mol. The lowest BCUT2D eigenvalue weighted by Gasteiger charge is -2.11. The molecule has 0 saturated carbocycles. The van der Waals surface area contributed by atoms with Gasteiger partial charge in [-0.1, -0.05) is 48.5 Å². The van der Waals surface area contributed by atoms with Crippen LogP contribution in [-0.2, 0) is 0 Å². The normalized spacial score (nSPS) is 10.6. The van der Waals surface area contributed by atoms with E-state index in [0.717, 1.165) is 11.1 Å². The molecule has 4 N–H and O–H groups in total. The van der Waals surface area contributed by atoms with Crippen molar-refractivity contribution in [3.63, 3.8) is 0 Å². The van der Waals surface area contributed by atoms with E-state index in [4.69, 9.17) is 5.73 Å². The fraction of sp³-hybridized carbons (Fsp3) is 0. The minimum absolute atomic E-state index is 0.134. The zero-order valence-electron chi connectivity index (χ0n) is 20.6. The molecule has 0 bridgehead atoms. The Labute approximate surface area is 223 Å². The molecule has 0 heterocycles. The minimum Gasteiger partial charge on any atom is -0.398 e. The summed E-state index contributed by atoms with van der Waals surface area (Å²) < 4.78 is 27.2. The first-order valence-electron chi connectivity index (χ1n) is 12.1. The minimum atomic E-state index is -0.446. The van der Waals surface area contributed by atoms with Gasteiger partial charge in [0.1, 0.15) is 11.6 Å². The van der Waals surface area contributed by atoms with Crippen LogP contribution in [0.4, 0.5) is 25.8 Å². The third-order valence-corrected chi connectivity index (χ3v) is 6.12. The summed E-state index contributed by atoms with van der Waals surface area (Å²) in [6.45, 7) is 0. The molecule has 5 aromatic rings. The number of amides is 2. The van der Waals surface area contributed by atoms with E-state index in [9.17, 15) is 18.4 Å². The van der Waals surface area contributed by atoms with Crippen molar-refractivity contribution in [2.75, 3.05) is 16.4 Å². The van der Waals surface area contributed by atoms with Crippen molar-refractivity contribution in [2.45, 2.75) is 0 Å². The van der Waals surface area contributed by atoms with Crippen molar-refractivity contribution in [2.24, 2.45) is 0 Å². The summed E-state index contributed by atoms with van der Waals surface area (Å²) in [6.07, 6.45) is 0. The van der Waals surface area contributed by atoms with Gasteiger partial charge in [0, 0.05) is 22.6 Å². The molecule has 5 nitrogen and oxygen atoms in total. The highest BCUT2D eigenvalue weighted by Crippen LogP contribution is 2.26. The van der Waals surface area contributed by atoms with E-state index in [-0.39, 0.29) is 28.4 Å². The highest BCUT2D eigenvalue weighted by molar-refractivity contribution is 6.10. The Bertz CT molecular complexity index is 1700. The Balaban J connectivity index is 1.29. The molecule has 0 saturated heterocycles. The SMILES string of the molecule is Nc1cc(C(=O)Nc2cccc(-c3cccc(F)c3)c2)ccc1C(=O)Nc1cccc(-c2cccc(F)c2)c1. The molecule has 2 amide bonds. The molecule has 0 aliphatic heterocycles. The van der Waals surface area contributed by atoms with E-state index in [1.54, 1.807) is 60.7 Å². The van der Waals surface area contributed by atoms with Crippen molar-refractivity contribution < 1.29 is 18.4 Å². The van der Waals surface area contributed by atoms with Gasteiger partial charge in [0.2, 0.25) is 0 Å².